The number of ether oxygens (including phenoxy) is 1. The molecule has 4 saturated carbocycles. The van der Waals surface area contributed by atoms with Gasteiger partial charge in [-0.3, -0.25) is 4.90 Å². The molecule has 5 aliphatic rings. The van der Waals surface area contributed by atoms with Gasteiger partial charge >= 0.3 is 0 Å². The van der Waals surface area contributed by atoms with E-state index >= 15 is 0 Å². The largest absolute Gasteiger partial charge is 0.379 e. The van der Waals surface area contributed by atoms with E-state index in [-0.39, 0.29) is 12.4 Å². The Bertz CT molecular complexity index is 300. The van der Waals surface area contributed by atoms with Crippen molar-refractivity contribution in [2.45, 2.75) is 44.9 Å². The lowest BCUT2D eigenvalue weighted by Crippen LogP contribution is -2.48. The van der Waals surface area contributed by atoms with Gasteiger partial charge in [-0.1, -0.05) is 12.8 Å². The van der Waals surface area contributed by atoms with Crippen LogP contribution in [0.1, 0.15) is 44.9 Å². The highest BCUT2D eigenvalue weighted by Crippen LogP contribution is 2.57. The van der Waals surface area contributed by atoms with Crippen LogP contribution in [0.2, 0.25) is 0 Å². The topological polar surface area (TPSA) is 12.5 Å². The van der Waals surface area contributed by atoms with Gasteiger partial charge in [-0.25, -0.2) is 0 Å². The second kappa shape index (κ2) is 5.54. The first-order chi connectivity index (χ1) is 8.81. The summed E-state index contributed by atoms with van der Waals surface area (Å²) >= 11 is 0. The normalized spacial score (nSPS) is 45.8. The summed E-state index contributed by atoms with van der Waals surface area (Å²) in [5.41, 5.74) is 0.713. The van der Waals surface area contributed by atoms with Crippen molar-refractivity contribution in [3.63, 3.8) is 0 Å². The summed E-state index contributed by atoms with van der Waals surface area (Å²) in [6.45, 7) is 5.68. The van der Waals surface area contributed by atoms with Crippen LogP contribution in [-0.4, -0.2) is 37.7 Å². The minimum absolute atomic E-state index is 0. The summed E-state index contributed by atoms with van der Waals surface area (Å²) < 4.78 is 5.50. The minimum Gasteiger partial charge on any atom is -0.379 e. The lowest BCUT2D eigenvalue weighted by molar-refractivity contribution is -0.0296. The van der Waals surface area contributed by atoms with Crippen LogP contribution < -0.4 is 0 Å². The van der Waals surface area contributed by atoms with Crippen molar-refractivity contribution in [1.82, 2.24) is 4.90 Å². The van der Waals surface area contributed by atoms with Crippen LogP contribution in [-0.2, 0) is 4.74 Å². The van der Waals surface area contributed by atoms with Gasteiger partial charge in [0.1, 0.15) is 0 Å². The Morgan fingerprint density at radius 1 is 0.895 bits per heavy atom. The third kappa shape index (κ3) is 2.82. The molecule has 4 bridgehead atoms. The molecule has 4 aliphatic carbocycles. The summed E-state index contributed by atoms with van der Waals surface area (Å²) in [7, 11) is 0. The molecular weight excluding hydrogens is 258 g/mol. The summed E-state index contributed by atoms with van der Waals surface area (Å²) in [4.78, 5) is 2.70. The number of rotatable bonds is 2. The molecular formula is C16H28ClNO. The molecule has 0 amide bonds. The zero-order valence-corrected chi connectivity index (χ0v) is 12.8. The fourth-order valence-corrected chi connectivity index (χ4v) is 5.80. The third-order valence-electron chi connectivity index (χ3n) is 6.14. The molecule has 19 heavy (non-hydrogen) atoms. The maximum absolute atomic E-state index is 5.50. The Morgan fingerprint density at radius 3 is 2.11 bits per heavy atom. The molecule has 0 aromatic heterocycles. The molecule has 110 valence electrons. The molecule has 5 rings (SSSR count). The Labute approximate surface area is 123 Å². The van der Waals surface area contributed by atoms with E-state index in [1.54, 1.807) is 44.9 Å². The maximum atomic E-state index is 5.50. The van der Waals surface area contributed by atoms with Gasteiger partial charge in [-0.05, 0) is 55.3 Å². The van der Waals surface area contributed by atoms with E-state index in [1.165, 1.54) is 19.6 Å². The molecule has 0 aromatic rings. The van der Waals surface area contributed by atoms with Gasteiger partial charge in [0.05, 0.1) is 13.2 Å². The van der Waals surface area contributed by atoms with Crippen molar-refractivity contribution in [3.8, 4) is 0 Å². The zero-order valence-electron chi connectivity index (χ0n) is 12.0. The molecule has 1 saturated heterocycles. The predicted molar refractivity (Wildman–Crippen MR) is 79.7 cm³/mol. The second-order valence-corrected chi connectivity index (χ2v) is 7.65. The van der Waals surface area contributed by atoms with E-state index in [2.05, 4.69) is 4.90 Å². The number of fused-ring (bicyclic) bond motifs is 1. The Morgan fingerprint density at radius 2 is 1.47 bits per heavy atom. The number of nitrogens with zero attached hydrogens (tertiary/aromatic N) is 1. The van der Waals surface area contributed by atoms with Crippen molar-refractivity contribution >= 4 is 12.4 Å². The molecule has 0 aromatic carbocycles. The summed E-state index contributed by atoms with van der Waals surface area (Å²) in [5, 5.41) is 0. The average Bonchev–Trinajstić information content (AvgIpc) is 2.56. The van der Waals surface area contributed by atoms with E-state index < -0.39 is 0 Å². The summed E-state index contributed by atoms with van der Waals surface area (Å²) in [5.74, 6) is 3.25. The molecule has 3 heteroatoms. The molecule has 2 atom stereocenters. The van der Waals surface area contributed by atoms with Crippen molar-refractivity contribution in [2.24, 2.45) is 23.2 Å². The minimum atomic E-state index is 0. The third-order valence-corrected chi connectivity index (χ3v) is 6.14. The smallest absolute Gasteiger partial charge is 0.0594 e. The van der Waals surface area contributed by atoms with Crippen LogP contribution in [0.5, 0.6) is 0 Å². The number of hydrogen-bond acceptors (Lipinski definition) is 2. The van der Waals surface area contributed by atoms with Crippen LogP contribution >= 0.6 is 12.4 Å². The highest BCUT2D eigenvalue weighted by Gasteiger charge is 2.48. The first-order valence-corrected chi connectivity index (χ1v) is 8.11. The Kier molecular flexibility index (Phi) is 4.13. The second-order valence-electron chi connectivity index (χ2n) is 7.65. The lowest BCUT2D eigenvalue weighted by Gasteiger charge is -2.50. The molecule has 0 N–H and O–H groups in total. The number of halogens is 1. The van der Waals surface area contributed by atoms with E-state index in [4.69, 9.17) is 4.74 Å². The Hall–Kier alpha value is 0.210. The van der Waals surface area contributed by atoms with Crippen molar-refractivity contribution in [1.29, 1.82) is 0 Å². The van der Waals surface area contributed by atoms with Crippen LogP contribution in [0, 0.1) is 23.2 Å². The maximum Gasteiger partial charge on any atom is 0.0594 e. The van der Waals surface area contributed by atoms with Crippen LogP contribution in [0.4, 0.5) is 0 Å². The van der Waals surface area contributed by atoms with E-state index in [1.807, 2.05) is 0 Å². The van der Waals surface area contributed by atoms with E-state index in [0.29, 0.717) is 5.41 Å². The molecule has 2 nitrogen and oxygen atoms in total. The highest BCUT2D eigenvalue weighted by atomic mass is 35.5. The monoisotopic (exact) mass is 285 g/mol. The van der Waals surface area contributed by atoms with Gasteiger partial charge in [-0.15, -0.1) is 12.4 Å². The fourth-order valence-electron chi connectivity index (χ4n) is 5.80. The SMILES string of the molecule is C1CN(CC23CC4CCC(CC(C4)C2)C3)CCO1.Cl. The van der Waals surface area contributed by atoms with Gasteiger partial charge in [0.2, 0.25) is 0 Å². The van der Waals surface area contributed by atoms with Crippen LogP contribution in [0.3, 0.4) is 0 Å². The quantitative estimate of drug-likeness (QED) is 0.771. The van der Waals surface area contributed by atoms with Gasteiger partial charge in [-0.2, -0.15) is 0 Å². The van der Waals surface area contributed by atoms with Crippen molar-refractivity contribution in [3.05, 3.63) is 0 Å². The van der Waals surface area contributed by atoms with Gasteiger partial charge < -0.3 is 4.74 Å². The number of morpholine rings is 1. The van der Waals surface area contributed by atoms with Gasteiger partial charge in [0.25, 0.3) is 0 Å². The van der Waals surface area contributed by atoms with Crippen molar-refractivity contribution < 1.29 is 4.74 Å². The molecule has 2 unspecified atom stereocenters. The van der Waals surface area contributed by atoms with E-state index in [9.17, 15) is 0 Å². The molecule has 1 aliphatic heterocycles. The first kappa shape index (κ1) is 14.2. The van der Waals surface area contributed by atoms with Gasteiger partial charge in [0.15, 0.2) is 0 Å². The average molecular weight is 286 g/mol. The van der Waals surface area contributed by atoms with E-state index in [0.717, 1.165) is 31.0 Å². The molecule has 5 fully saturated rings. The summed E-state index contributed by atoms with van der Waals surface area (Å²) in [6, 6.07) is 0. The Balaban J connectivity index is 0.00000110. The van der Waals surface area contributed by atoms with Crippen molar-refractivity contribution in [2.75, 3.05) is 32.8 Å². The predicted octanol–water partition coefficient (Wildman–Crippen LogP) is 3.35. The standard InChI is InChI=1S/C16H27NO.ClH/c1-2-14-8-15-7-13(1)9-16(10-14,11-15)12-17-3-5-18-6-4-17;/h13-15H,1-12H2;1H. The van der Waals surface area contributed by atoms with Crippen LogP contribution in [0.15, 0.2) is 0 Å². The molecule has 0 spiro atoms. The zero-order chi connectivity index (χ0) is 12.0. The molecule has 0 radical (unpaired) electrons. The first-order valence-electron chi connectivity index (χ1n) is 8.11. The highest BCUT2D eigenvalue weighted by molar-refractivity contribution is 5.85. The molecule has 1 heterocycles. The fraction of sp³-hybridized carbons (Fsp3) is 1.00. The summed E-state index contributed by atoms with van der Waals surface area (Å²) in [6.07, 6.45) is 10.9. The lowest BCUT2D eigenvalue weighted by atomic mass is 9.58. The van der Waals surface area contributed by atoms with Crippen LogP contribution in [0.25, 0.3) is 0 Å². The van der Waals surface area contributed by atoms with Gasteiger partial charge in [0, 0.05) is 19.6 Å². The number of hydrogen-bond donors (Lipinski definition) is 0.